The van der Waals surface area contributed by atoms with Gasteiger partial charge in [0.15, 0.2) is 0 Å². The Labute approximate surface area is 233 Å². The molecule has 0 radical (unpaired) electrons. The molecule has 2 aliphatic heterocycles. The molecule has 0 atom stereocenters. The molecule has 0 N–H and O–H groups in total. The minimum atomic E-state index is -0.238. The zero-order valence-corrected chi connectivity index (χ0v) is 24.4. The number of carbonyl (C=O) groups is 1. The Morgan fingerprint density at radius 3 is 2.18 bits per heavy atom. The average Bonchev–Trinajstić information content (AvgIpc) is 3.38. The van der Waals surface area contributed by atoms with Gasteiger partial charge < -0.3 is 24.2 Å². The lowest BCUT2D eigenvalue weighted by atomic mass is 9.83. The fourth-order valence-electron chi connectivity index (χ4n) is 5.92. The van der Waals surface area contributed by atoms with Gasteiger partial charge in [-0.2, -0.15) is 5.10 Å². The van der Waals surface area contributed by atoms with Crippen LogP contribution in [-0.4, -0.2) is 90.7 Å². The van der Waals surface area contributed by atoms with Crippen LogP contribution in [0.2, 0.25) is 0 Å². The van der Waals surface area contributed by atoms with Crippen LogP contribution in [0.4, 0.5) is 4.79 Å². The highest BCUT2D eigenvalue weighted by molar-refractivity contribution is 5.72. The summed E-state index contributed by atoms with van der Waals surface area (Å²) in [5, 5.41) is 4.29. The van der Waals surface area contributed by atoms with E-state index in [-0.39, 0.29) is 11.7 Å². The number of hydrogen-bond donors (Lipinski definition) is 0. The molecule has 8 heteroatoms. The van der Waals surface area contributed by atoms with Gasteiger partial charge in [-0.25, -0.2) is 9.47 Å². The molecule has 4 rings (SSSR count). The maximum atomic E-state index is 12.1. The van der Waals surface area contributed by atoms with E-state index < -0.39 is 0 Å². The van der Waals surface area contributed by atoms with Crippen molar-refractivity contribution in [3.8, 4) is 11.1 Å². The number of piperidine rings is 1. The highest BCUT2D eigenvalue weighted by Crippen LogP contribution is 2.38. The number of allylic oxidation sites excluding steroid dienone is 1. The highest BCUT2D eigenvalue weighted by Gasteiger charge is 2.37. The quantitative estimate of drug-likeness (QED) is 0.398. The summed E-state index contributed by atoms with van der Waals surface area (Å²) in [4.78, 5) is 18.7. The summed E-state index contributed by atoms with van der Waals surface area (Å²) >= 11 is 0. The number of benzene rings is 1. The third kappa shape index (κ3) is 6.23. The zero-order chi connectivity index (χ0) is 28.0. The van der Waals surface area contributed by atoms with Crippen molar-refractivity contribution in [2.45, 2.75) is 59.1 Å². The smallest absolute Gasteiger partial charge is 0.409 e. The van der Waals surface area contributed by atoms with E-state index in [0.29, 0.717) is 32.3 Å². The highest BCUT2D eigenvalue weighted by atomic mass is 16.6. The Balaban J connectivity index is 1.52. The molecular formula is C31H45N5O3. The van der Waals surface area contributed by atoms with E-state index in [1.807, 2.05) is 24.7 Å². The molecule has 1 aromatic heterocycles. The van der Waals surface area contributed by atoms with Gasteiger partial charge in [-0.15, -0.1) is 0 Å². The fraction of sp³-hybridized carbons (Fsp3) is 0.548. The number of carbonyl (C=O) groups excluding carboxylic acids is 1. The second kappa shape index (κ2) is 12.8. The van der Waals surface area contributed by atoms with Crippen molar-refractivity contribution in [2.75, 3.05) is 52.5 Å². The van der Waals surface area contributed by atoms with Gasteiger partial charge in [-0.1, -0.05) is 30.3 Å². The molecule has 0 bridgehead atoms. The first-order valence-corrected chi connectivity index (χ1v) is 14.4. The van der Waals surface area contributed by atoms with Crippen molar-refractivity contribution in [3.05, 3.63) is 53.9 Å². The monoisotopic (exact) mass is 535 g/mol. The summed E-state index contributed by atoms with van der Waals surface area (Å²) in [6.45, 7) is 20.3. The summed E-state index contributed by atoms with van der Waals surface area (Å²) in [5.41, 5.74) is 5.34. The van der Waals surface area contributed by atoms with E-state index >= 15 is 0 Å². The first kappa shape index (κ1) is 28.9. The summed E-state index contributed by atoms with van der Waals surface area (Å²) in [6.07, 6.45) is 5.92. The normalized spacial score (nSPS) is 18.5. The third-order valence-corrected chi connectivity index (χ3v) is 8.14. The van der Waals surface area contributed by atoms with Crippen molar-refractivity contribution < 1.29 is 14.3 Å². The first-order chi connectivity index (χ1) is 18.9. The maximum Gasteiger partial charge on any atom is 0.409 e. The van der Waals surface area contributed by atoms with Crippen LogP contribution in [0.25, 0.3) is 16.8 Å². The Hall–Kier alpha value is -3.10. The van der Waals surface area contributed by atoms with Crippen LogP contribution < -0.4 is 0 Å². The number of nitrogens with zero attached hydrogens (tertiary/aromatic N) is 5. The molecule has 212 valence electrons. The molecule has 2 fully saturated rings. The Kier molecular flexibility index (Phi) is 9.51. The minimum Gasteiger partial charge on any atom is -0.450 e. The Bertz CT molecular complexity index is 1140. The molecular weight excluding hydrogens is 490 g/mol. The summed E-state index contributed by atoms with van der Waals surface area (Å²) in [5.74, 6) is 0. The van der Waals surface area contributed by atoms with Crippen LogP contribution in [0, 0.1) is 0 Å². The van der Waals surface area contributed by atoms with Crippen molar-refractivity contribution >= 4 is 18.5 Å². The van der Waals surface area contributed by atoms with Gasteiger partial charge in [0.1, 0.15) is 0 Å². The van der Waals surface area contributed by atoms with E-state index in [1.165, 1.54) is 5.56 Å². The number of ether oxygens (including phenoxy) is 2. The van der Waals surface area contributed by atoms with Crippen molar-refractivity contribution in [3.63, 3.8) is 0 Å². The standard InChI is InChI=1S/C31H45N5O3/c1-7-28(34-18-20-35(21-19-34)30(37)38-8-2)29-22-26(23-36(29)32-6)25-10-12-27(13-11-25)31(39-9-3)14-16-33(17-15-31)24(4)5/h7,10-13,22-24H,6,8-9,14-21H2,1-5H3/b28-7+. The number of aromatic nitrogens is 1. The minimum absolute atomic E-state index is 0.220. The van der Waals surface area contributed by atoms with Crippen molar-refractivity contribution in [1.29, 1.82) is 0 Å². The van der Waals surface area contributed by atoms with Gasteiger partial charge in [0, 0.05) is 70.4 Å². The van der Waals surface area contributed by atoms with Crippen LogP contribution >= 0.6 is 0 Å². The number of likely N-dealkylation sites (tertiary alicyclic amines) is 1. The predicted octanol–water partition coefficient (Wildman–Crippen LogP) is 5.49. The summed E-state index contributed by atoms with van der Waals surface area (Å²) in [6, 6.07) is 11.6. The second-order valence-corrected chi connectivity index (χ2v) is 10.6. The van der Waals surface area contributed by atoms with Gasteiger partial charge in [0.05, 0.1) is 23.6 Å². The second-order valence-electron chi connectivity index (χ2n) is 10.6. The number of amides is 1. The largest absolute Gasteiger partial charge is 0.450 e. The van der Waals surface area contributed by atoms with E-state index in [1.54, 1.807) is 4.90 Å². The number of hydrogen-bond acceptors (Lipinski definition) is 6. The topological polar surface area (TPSA) is 62.5 Å². The van der Waals surface area contributed by atoms with E-state index in [9.17, 15) is 4.79 Å². The van der Waals surface area contributed by atoms with Gasteiger partial charge >= 0.3 is 6.09 Å². The molecule has 1 amide bonds. The average molecular weight is 536 g/mol. The Morgan fingerprint density at radius 2 is 1.64 bits per heavy atom. The third-order valence-electron chi connectivity index (χ3n) is 8.14. The number of rotatable bonds is 9. The zero-order valence-electron chi connectivity index (χ0n) is 24.4. The molecule has 1 aromatic carbocycles. The van der Waals surface area contributed by atoms with Gasteiger partial charge in [-0.3, -0.25) is 0 Å². The molecule has 0 unspecified atom stereocenters. The molecule has 0 saturated carbocycles. The molecule has 8 nitrogen and oxygen atoms in total. The van der Waals surface area contributed by atoms with Crippen molar-refractivity contribution in [2.24, 2.45) is 5.10 Å². The molecule has 2 saturated heterocycles. The SMILES string of the molecule is C=Nn1cc(-c2ccc(C3(OCC)CCN(C(C)C)CC3)cc2)cc1/C(=C\C)N1CCN(C(=O)OCC)CC1. The van der Waals surface area contributed by atoms with Crippen molar-refractivity contribution in [1.82, 2.24) is 19.4 Å². The molecule has 3 heterocycles. The van der Waals surface area contributed by atoms with Gasteiger partial charge in [0.25, 0.3) is 0 Å². The predicted molar refractivity (Wildman–Crippen MR) is 158 cm³/mol. The van der Waals surface area contributed by atoms with Crippen LogP contribution in [0.15, 0.2) is 47.7 Å². The lowest BCUT2D eigenvalue weighted by Gasteiger charge is -2.43. The maximum absolute atomic E-state index is 12.1. The van der Waals surface area contributed by atoms with Crippen LogP contribution in [0.5, 0.6) is 0 Å². The fourth-order valence-corrected chi connectivity index (χ4v) is 5.92. The van der Waals surface area contributed by atoms with E-state index in [2.05, 4.69) is 78.8 Å². The molecule has 0 aliphatic carbocycles. The van der Waals surface area contributed by atoms with E-state index in [4.69, 9.17) is 9.47 Å². The lowest BCUT2D eigenvalue weighted by molar-refractivity contribution is -0.0886. The van der Waals surface area contributed by atoms with Crippen LogP contribution in [0.1, 0.15) is 58.7 Å². The lowest BCUT2D eigenvalue weighted by Crippen LogP contribution is -2.48. The van der Waals surface area contributed by atoms with E-state index in [0.717, 1.165) is 61.5 Å². The van der Waals surface area contributed by atoms with Gasteiger partial charge in [0.2, 0.25) is 0 Å². The molecule has 2 aromatic rings. The van der Waals surface area contributed by atoms with Gasteiger partial charge in [-0.05, 0) is 64.7 Å². The first-order valence-electron chi connectivity index (χ1n) is 14.4. The number of piperazine rings is 1. The summed E-state index contributed by atoms with van der Waals surface area (Å²) in [7, 11) is 0. The Morgan fingerprint density at radius 1 is 1.00 bits per heavy atom. The van der Waals surface area contributed by atoms with Crippen LogP contribution in [0.3, 0.4) is 0 Å². The molecule has 2 aliphatic rings. The summed E-state index contributed by atoms with van der Waals surface area (Å²) < 4.78 is 13.4. The molecule has 39 heavy (non-hydrogen) atoms. The van der Waals surface area contributed by atoms with Crippen LogP contribution in [-0.2, 0) is 15.1 Å². The molecule has 0 spiro atoms.